The molecule has 0 bridgehead atoms. The van der Waals surface area contributed by atoms with E-state index < -0.39 is 17.7 Å². The summed E-state index contributed by atoms with van der Waals surface area (Å²) in [5.74, 6) is -0.195. The molecule has 1 heterocycles. The lowest BCUT2D eigenvalue weighted by molar-refractivity contribution is -0.140. The maximum absolute atomic E-state index is 13.1. The molecule has 170 valence electrons. The SMILES string of the molecule is CCOc1ccc(C2/C(=C(\O)c3ccc(OC)cc3C)C(=O)C(=O)N2CCCOC)cc1. The first-order valence-electron chi connectivity index (χ1n) is 10.6. The van der Waals surface area contributed by atoms with Crippen molar-refractivity contribution in [3.05, 3.63) is 64.7 Å². The number of carbonyl (C=O) groups is 2. The number of aliphatic hydroxyl groups excluding tert-OH is 1. The molecule has 1 aliphatic heterocycles. The van der Waals surface area contributed by atoms with E-state index in [0.717, 1.165) is 11.1 Å². The van der Waals surface area contributed by atoms with Crippen molar-refractivity contribution in [3.8, 4) is 11.5 Å². The Bertz CT molecular complexity index is 1010. The number of ketones is 1. The Hall–Kier alpha value is -3.32. The zero-order chi connectivity index (χ0) is 23.3. The molecule has 1 N–H and O–H groups in total. The lowest BCUT2D eigenvalue weighted by Crippen LogP contribution is -2.31. The highest BCUT2D eigenvalue weighted by Gasteiger charge is 2.45. The summed E-state index contributed by atoms with van der Waals surface area (Å²) in [4.78, 5) is 27.5. The number of benzene rings is 2. The minimum atomic E-state index is -0.705. The minimum absolute atomic E-state index is 0.0739. The summed E-state index contributed by atoms with van der Waals surface area (Å²) in [6, 6.07) is 11.7. The molecule has 1 saturated heterocycles. The first-order valence-corrected chi connectivity index (χ1v) is 10.6. The van der Waals surface area contributed by atoms with Crippen LogP contribution in [0.15, 0.2) is 48.0 Å². The summed E-state index contributed by atoms with van der Waals surface area (Å²) in [7, 11) is 3.15. The molecule has 1 aliphatic rings. The Morgan fingerprint density at radius 3 is 2.34 bits per heavy atom. The van der Waals surface area contributed by atoms with Crippen molar-refractivity contribution in [1.29, 1.82) is 0 Å². The van der Waals surface area contributed by atoms with E-state index in [1.54, 1.807) is 44.6 Å². The fraction of sp³-hybridized carbons (Fsp3) is 0.360. The topological polar surface area (TPSA) is 85.3 Å². The molecule has 0 aliphatic carbocycles. The van der Waals surface area contributed by atoms with Crippen LogP contribution in [0.2, 0.25) is 0 Å². The molecular weight excluding hydrogens is 410 g/mol. The van der Waals surface area contributed by atoms with Crippen LogP contribution in [0.5, 0.6) is 11.5 Å². The Morgan fingerprint density at radius 2 is 1.75 bits per heavy atom. The average molecular weight is 440 g/mol. The number of Topliss-reactive ketones (excluding diaryl/α,β-unsaturated/α-hetero) is 1. The zero-order valence-corrected chi connectivity index (χ0v) is 18.9. The summed E-state index contributed by atoms with van der Waals surface area (Å²) >= 11 is 0. The number of aliphatic hydroxyl groups is 1. The number of aryl methyl sites for hydroxylation is 1. The number of methoxy groups -OCH3 is 2. The lowest BCUT2D eigenvalue weighted by Gasteiger charge is -2.25. The molecule has 0 radical (unpaired) electrons. The van der Waals surface area contributed by atoms with Gasteiger partial charge in [0.05, 0.1) is 25.3 Å². The van der Waals surface area contributed by atoms with Crippen molar-refractivity contribution in [2.75, 3.05) is 34.0 Å². The van der Waals surface area contributed by atoms with E-state index in [0.29, 0.717) is 43.2 Å². The molecule has 7 nitrogen and oxygen atoms in total. The number of likely N-dealkylation sites (tertiary alicyclic amines) is 1. The van der Waals surface area contributed by atoms with Crippen molar-refractivity contribution in [3.63, 3.8) is 0 Å². The van der Waals surface area contributed by atoms with Crippen LogP contribution in [0.4, 0.5) is 0 Å². The third-order valence-corrected chi connectivity index (χ3v) is 5.48. The summed E-state index contributed by atoms with van der Waals surface area (Å²) in [5, 5.41) is 11.2. The van der Waals surface area contributed by atoms with Crippen LogP contribution in [0.3, 0.4) is 0 Å². The van der Waals surface area contributed by atoms with Crippen LogP contribution < -0.4 is 9.47 Å². The lowest BCUT2D eigenvalue weighted by atomic mass is 9.93. The standard InChI is InChI=1S/C25H29NO6/c1-5-32-18-9-7-17(8-10-18)22-21(24(28)25(29)26(22)13-6-14-30-3)23(27)20-12-11-19(31-4)15-16(20)2/h7-12,15,22,27H,5-6,13-14H2,1-4H3/b23-21+. The molecule has 7 heteroatoms. The van der Waals surface area contributed by atoms with Gasteiger partial charge in [0.2, 0.25) is 0 Å². The van der Waals surface area contributed by atoms with Gasteiger partial charge in [0.25, 0.3) is 11.7 Å². The van der Waals surface area contributed by atoms with Crippen LogP contribution in [0, 0.1) is 6.92 Å². The van der Waals surface area contributed by atoms with Crippen LogP contribution in [0.25, 0.3) is 5.76 Å². The third kappa shape index (κ3) is 4.62. The summed E-state index contributed by atoms with van der Waals surface area (Å²) in [5.41, 5.74) is 2.01. The van der Waals surface area contributed by atoms with Crippen LogP contribution >= 0.6 is 0 Å². The van der Waals surface area contributed by atoms with Crippen molar-refractivity contribution in [2.45, 2.75) is 26.3 Å². The highest BCUT2D eigenvalue weighted by atomic mass is 16.5. The molecule has 0 spiro atoms. The molecule has 1 unspecified atom stereocenters. The number of amides is 1. The van der Waals surface area contributed by atoms with Gasteiger partial charge in [0.15, 0.2) is 0 Å². The summed E-state index contributed by atoms with van der Waals surface area (Å²) in [6.45, 7) is 5.03. The van der Waals surface area contributed by atoms with Gasteiger partial charge < -0.3 is 24.2 Å². The van der Waals surface area contributed by atoms with Crippen molar-refractivity contribution >= 4 is 17.4 Å². The molecule has 1 fully saturated rings. The van der Waals surface area contributed by atoms with Gasteiger partial charge in [-0.15, -0.1) is 0 Å². The van der Waals surface area contributed by atoms with E-state index in [1.807, 2.05) is 26.0 Å². The van der Waals surface area contributed by atoms with E-state index in [2.05, 4.69) is 0 Å². The number of carbonyl (C=O) groups excluding carboxylic acids is 2. The molecule has 1 atom stereocenters. The third-order valence-electron chi connectivity index (χ3n) is 5.48. The van der Waals surface area contributed by atoms with Crippen LogP contribution in [-0.4, -0.2) is 55.7 Å². The first kappa shape index (κ1) is 23.3. The fourth-order valence-corrected chi connectivity index (χ4v) is 3.92. The Labute approximate surface area is 188 Å². The van der Waals surface area contributed by atoms with E-state index in [-0.39, 0.29) is 11.3 Å². The molecule has 3 rings (SSSR count). The maximum atomic E-state index is 13.1. The van der Waals surface area contributed by atoms with Gasteiger partial charge in [-0.25, -0.2) is 0 Å². The second-order valence-electron chi connectivity index (χ2n) is 7.52. The normalized spacial score (nSPS) is 17.6. The van der Waals surface area contributed by atoms with Gasteiger partial charge in [-0.3, -0.25) is 9.59 Å². The number of hydrogen-bond acceptors (Lipinski definition) is 6. The van der Waals surface area contributed by atoms with E-state index in [1.165, 1.54) is 4.90 Å². The molecule has 32 heavy (non-hydrogen) atoms. The number of hydrogen-bond donors (Lipinski definition) is 1. The van der Waals surface area contributed by atoms with Crippen molar-refractivity contribution < 1.29 is 28.9 Å². The monoisotopic (exact) mass is 439 g/mol. The molecule has 2 aromatic carbocycles. The molecular formula is C25H29NO6. The summed E-state index contributed by atoms with van der Waals surface area (Å²) in [6.07, 6.45) is 0.568. The van der Waals surface area contributed by atoms with Gasteiger partial charge in [-0.05, 0) is 61.7 Å². The number of nitrogens with zero attached hydrogens (tertiary/aromatic N) is 1. The predicted octanol–water partition coefficient (Wildman–Crippen LogP) is 3.86. The van der Waals surface area contributed by atoms with E-state index in [4.69, 9.17) is 14.2 Å². The summed E-state index contributed by atoms with van der Waals surface area (Å²) < 4.78 is 15.9. The Balaban J connectivity index is 2.11. The second kappa shape index (κ2) is 10.3. The smallest absolute Gasteiger partial charge is 0.295 e. The van der Waals surface area contributed by atoms with Gasteiger partial charge in [-0.1, -0.05) is 12.1 Å². The first-order chi connectivity index (χ1) is 15.4. The molecule has 0 saturated carbocycles. The van der Waals surface area contributed by atoms with Crippen LogP contribution in [-0.2, 0) is 14.3 Å². The maximum Gasteiger partial charge on any atom is 0.295 e. The van der Waals surface area contributed by atoms with E-state index in [9.17, 15) is 14.7 Å². The highest BCUT2D eigenvalue weighted by Crippen LogP contribution is 2.40. The predicted molar refractivity (Wildman–Crippen MR) is 121 cm³/mol. The van der Waals surface area contributed by atoms with Crippen molar-refractivity contribution in [1.82, 2.24) is 4.90 Å². The van der Waals surface area contributed by atoms with E-state index >= 15 is 0 Å². The second-order valence-corrected chi connectivity index (χ2v) is 7.52. The molecule has 2 aromatic rings. The highest BCUT2D eigenvalue weighted by molar-refractivity contribution is 6.46. The molecule has 0 aromatic heterocycles. The fourth-order valence-electron chi connectivity index (χ4n) is 3.92. The zero-order valence-electron chi connectivity index (χ0n) is 18.9. The van der Waals surface area contributed by atoms with Gasteiger partial charge in [-0.2, -0.15) is 0 Å². The quantitative estimate of drug-likeness (QED) is 0.276. The minimum Gasteiger partial charge on any atom is -0.507 e. The van der Waals surface area contributed by atoms with Crippen LogP contribution in [0.1, 0.15) is 36.1 Å². The number of ether oxygens (including phenoxy) is 3. The van der Waals surface area contributed by atoms with Gasteiger partial charge >= 0.3 is 0 Å². The van der Waals surface area contributed by atoms with Gasteiger partial charge in [0.1, 0.15) is 17.3 Å². The Kier molecular flexibility index (Phi) is 7.53. The largest absolute Gasteiger partial charge is 0.507 e. The number of rotatable bonds is 9. The molecule has 1 amide bonds. The van der Waals surface area contributed by atoms with Crippen molar-refractivity contribution in [2.24, 2.45) is 0 Å². The Morgan fingerprint density at radius 1 is 1.06 bits per heavy atom. The average Bonchev–Trinajstić information content (AvgIpc) is 3.04. The van der Waals surface area contributed by atoms with Gasteiger partial charge in [0, 0.05) is 25.8 Å².